The molecule has 1 aromatic heterocycles. The molecule has 0 saturated heterocycles. The summed E-state index contributed by atoms with van der Waals surface area (Å²) in [4.78, 5) is 5.14. The SMILES string of the molecule is Nc1cc(CSc2ccc(O)c3ccccc23)ccn1. The van der Waals surface area contributed by atoms with Gasteiger partial charge < -0.3 is 10.8 Å². The number of fused-ring (bicyclic) bond motifs is 1. The molecule has 3 rings (SSSR count). The third-order valence-corrected chi connectivity index (χ3v) is 4.25. The van der Waals surface area contributed by atoms with Gasteiger partial charge in [-0.25, -0.2) is 4.98 Å². The molecule has 0 radical (unpaired) electrons. The van der Waals surface area contributed by atoms with E-state index >= 15 is 0 Å². The number of nitrogen functional groups attached to an aromatic ring is 1. The van der Waals surface area contributed by atoms with Gasteiger partial charge in [-0.3, -0.25) is 0 Å². The van der Waals surface area contributed by atoms with Crippen molar-refractivity contribution in [2.75, 3.05) is 5.73 Å². The molecule has 4 heteroatoms. The fourth-order valence-corrected chi connectivity index (χ4v) is 3.13. The highest BCUT2D eigenvalue weighted by molar-refractivity contribution is 7.98. The molecule has 3 aromatic rings. The first-order valence-corrected chi connectivity index (χ1v) is 7.26. The van der Waals surface area contributed by atoms with Crippen LogP contribution in [0.15, 0.2) is 59.6 Å². The van der Waals surface area contributed by atoms with E-state index in [1.165, 1.54) is 0 Å². The van der Waals surface area contributed by atoms with E-state index in [0.29, 0.717) is 11.6 Å². The largest absolute Gasteiger partial charge is 0.507 e. The first-order valence-electron chi connectivity index (χ1n) is 6.28. The molecule has 0 atom stereocenters. The molecule has 0 aliphatic carbocycles. The lowest BCUT2D eigenvalue weighted by molar-refractivity contribution is 0.481. The third kappa shape index (κ3) is 2.56. The molecule has 0 saturated carbocycles. The van der Waals surface area contributed by atoms with Gasteiger partial charge in [0.05, 0.1) is 0 Å². The van der Waals surface area contributed by atoms with E-state index < -0.39 is 0 Å². The number of nitrogens with two attached hydrogens (primary N) is 1. The number of anilines is 1. The summed E-state index contributed by atoms with van der Waals surface area (Å²) < 4.78 is 0. The average Bonchev–Trinajstić information content (AvgIpc) is 2.47. The number of aromatic nitrogens is 1. The van der Waals surface area contributed by atoms with Crippen molar-refractivity contribution in [1.29, 1.82) is 0 Å². The van der Waals surface area contributed by atoms with Crippen LogP contribution in [0, 0.1) is 0 Å². The Balaban J connectivity index is 1.90. The average molecular weight is 282 g/mol. The van der Waals surface area contributed by atoms with Crippen LogP contribution in [0.25, 0.3) is 10.8 Å². The highest BCUT2D eigenvalue weighted by Crippen LogP contribution is 2.34. The van der Waals surface area contributed by atoms with Crippen molar-refractivity contribution in [1.82, 2.24) is 4.98 Å². The monoisotopic (exact) mass is 282 g/mol. The molecule has 1 heterocycles. The minimum absolute atomic E-state index is 0.318. The summed E-state index contributed by atoms with van der Waals surface area (Å²) in [5, 5.41) is 11.8. The van der Waals surface area contributed by atoms with Gasteiger partial charge in [0, 0.05) is 22.2 Å². The second-order valence-electron chi connectivity index (χ2n) is 4.51. The van der Waals surface area contributed by atoms with Crippen LogP contribution in [-0.4, -0.2) is 10.1 Å². The number of phenolic OH excluding ortho intramolecular Hbond substituents is 1. The molecule has 20 heavy (non-hydrogen) atoms. The smallest absolute Gasteiger partial charge is 0.123 e. The number of hydrogen-bond acceptors (Lipinski definition) is 4. The molecule has 0 fully saturated rings. The molecule has 2 aromatic carbocycles. The van der Waals surface area contributed by atoms with Gasteiger partial charge in [0.1, 0.15) is 11.6 Å². The number of thioether (sulfide) groups is 1. The molecule has 0 aliphatic rings. The summed E-state index contributed by atoms with van der Waals surface area (Å²) in [5.41, 5.74) is 6.82. The fraction of sp³-hybridized carbons (Fsp3) is 0.0625. The van der Waals surface area contributed by atoms with Crippen molar-refractivity contribution < 1.29 is 5.11 Å². The van der Waals surface area contributed by atoms with Gasteiger partial charge in [-0.05, 0) is 35.2 Å². The van der Waals surface area contributed by atoms with Gasteiger partial charge >= 0.3 is 0 Å². The number of pyridine rings is 1. The van der Waals surface area contributed by atoms with Gasteiger partial charge in [-0.15, -0.1) is 11.8 Å². The standard InChI is InChI=1S/C16H14N2OS/c17-16-9-11(7-8-18-16)10-20-15-6-5-14(19)12-3-1-2-4-13(12)15/h1-9,19H,10H2,(H2,17,18). The summed E-state index contributed by atoms with van der Waals surface area (Å²) in [6.45, 7) is 0. The second kappa shape index (κ2) is 5.43. The van der Waals surface area contributed by atoms with Crippen LogP contribution in [0.3, 0.4) is 0 Å². The van der Waals surface area contributed by atoms with Gasteiger partial charge in [-0.2, -0.15) is 0 Å². The maximum absolute atomic E-state index is 9.88. The van der Waals surface area contributed by atoms with Gasteiger partial charge in [0.25, 0.3) is 0 Å². The van der Waals surface area contributed by atoms with Crippen molar-refractivity contribution >= 4 is 28.4 Å². The molecule has 0 bridgehead atoms. The van der Waals surface area contributed by atoms with Crippen LogP contribution in [0.1, 0.15) is 5.56 Å². The predicted molar refractivity (Wildman–Crippen MR) is 83.8 cm³/mol. The number of benzene rings is 2. The quantitative estimate of drug-likeness (QED) is 0.717. The number of aromatic hydroxyl groups is 1. The van der Waals surface area contributed by atoms with Crippen LogP contribution >= 0.6 is 11.8 Å². The van der Waals surface area contributed by atoms with Crippen molar-refractivity contribution in [3.8, 4) is 5.75 Å². The Bertz CT molecular complexity index is 758. The van der Waals surface area contributed by atoms with Gasteiger partial charge in [0.2, 0.25) is 0 Å². The van der Waals surface area contributed by atoms with Crippen molar-refractivity contribution in [3.63, 3.8) is 0 Å². The molecule has 0 unspecified atom stereocenters. The zero-order valence-corrected chi connectivity index (χ0v) is 11.6. The number of nitrogens with zero attached hydrogens (tertiary/aromatic N) is 1. The minimum atomic E-state index is 0.318. The van der Waals surface area contributed by atoms with E-state index in [4.69, 9.17) is 5.73 Å². The Hall–Kier alpha value is -2.20. The van der Waals surface area contributed by atoms with Gasteiger partial charge in [-0.1, -0.05) is 24.3 Å². The van der Waals surface area contributed by atoms with Crippen LogP contribution in [0.5, 0.6) is 5.75 Å². The molecular formula is C16H14N2OS. The van der Waals surface area contributed by atoms with E-state index in [2.05, 4.69) is 4.98 Å². The van der Waals surface area contributed by atoms with Crippen LogP contribution in [-0.2, 0) is 5.75 Å². The van der Waals surface area contributed by atoms with Crippen molar-refractivity contribution in [2.24, 2.45) is 0 Å². The summed E-state index contributed by atoms with van der Waals surface area (Å²) in [6.07, 6.45) is 1.72. The molecule has 3 nitrogen and oxygen atoms in total. The predicted octanol–water partition coefficient (Wildman–Crippen LogP) is 3.81. The Morgan fingerprint density at radius 3 is 2.65 bits per heavy atom. The molecule has 0 amide bonds. The first-order chi connectivity index (χ1) is 9.74. The zero-order chi connectivity index (χ0) is 13.9. The van der Waals surface area contributed by atoms with Crippen molar-refractivity contribution in [2.45, 2.75) is 10.6 Å². The van der Waals surface area contributed by atoms with E-state index in [0.717, 1.165) is 27.0 Å². The maximum Gasteiger partial charge on any atom is 0.123 e. The number of hydrogen-bond donors (Lipinski definition) is 2. The Kier molecular flexibility index (Phi) is 3.48. The van der Waals surface area contributed by atoms with E-state index in [9.17, 15) is 5.11 Å². The molecule has 0 spiro atoms. The third-order valence-electron chi connectivity index (χ3n) is 3.10. The summed E-state index contributed by atoms with van der Waals surface area (Å²) in [7, 11) is 0. The summed E-state index contributed by atoms with van der Waals surface area (Å²) in [6, 6.07) is 15.4. The van der Waals surface area contributed by atoms with E-state index in [-0.39, 0.29) is 0 Å². The summed E-state index contributed by atoms with van der Waals surface area (Å²) >= 11 is 1.73. The normalized spacial score (nSPS) is 10.8. The van der Waals surface area contributed by atoms with Crippen LogP contribution < -0.4 is 5.73 Å². The lowest BCUT2D eigenvalue weighted by Gasteiger charge is -2.08. The van der Waals surface area contributed by atoms with E-state index in [1.54, 1.807) is 24.0 Å². The minimum Gasteiger partial charge on any atom is -0.507 e. The highest BCUT2D eigenvalue weighted by Gasteiger charge is 2.05. The molecular weight excluding hydrogens is 268 g/mol. The van der Waals surface area contributed by atoms with Gasteiger partial charge in [0.15, 0.2) is 0 Å². The maximum atomic E-state index is 9.88. The second-order valence-corrected chi connectivity index (χ2v) is 5.52. The Labute approximate surface area is 121 Å². The molecule has 3 N–H and O–H groups in total. The summed E-state index contributed by atoms with van der Waals surface area (Å²) in [5.74, 6) is 1.68. The lowest BCUT2D eigenvalue weighted by atomic mass is 10.1. The zero-order valence-electron chi connectivity index (χ0n) is 10.8. The highest BCUT2D eigenvalue weighted by atomic mass is 32.2. The first kappa shape index (κ1) is 12.8. The molecule has 0 aliphatic heterocycles. The topological polar surface area (TPSA) is 59.1 Å². The van der Waals surface area contributed by atoms with E-state index in [1.807, 2.05) is 42.5 Å². The van der Waals surface area contributed by atoms with Crippen molar-refractivity contribution in [3.05, 3.63) is 60.3 Å². The molecule has 100 valence electrons. The number of rotatable bonds is 3. The Morgan fingerprint density at radius 1 is 1.05 bits per heavy atom. The lowest BCUT2D eigenvalue weighted by Crippen LogP contribution is -1.91. The van der Waals surface area contributed by atoms with Crippen LogP contribution in [0.4, 0.5) is 5.82 Å². The fourth-order valence-electron chi connectivity index (χ4n) is 2.13. The number of phenols is 1. The Morgan fingerprint density at radius 2 is 1.85 bits per heavy atom. The van der Waals surface area contributed by atoms with Crippen LogP contribution in [0.2, 0.25) is 0 Å².